The molecule has 0 saturated heterocycles. The van der Waals surface area contributed by atoms with Crippen LogP contribution in [0.4, 0.5) is 9.59 Å². The highest BCUT2D eigenvalue weighted by Gasteiger charge is 2.31. The van der Waals surface area contributed by atoms with Crippen molar-refractivity contribution in [2.75, 3.05) is 6.26 Å². The normalized spacial score (nSPS) is 25.9. The second kappa shape index (κ2) is 12.9. The van der Waals surface area contributed by atoms with Gasteiger partial charge in [-0.1, -0.05) is 25.7 Å². The zero-order chi connectivity index (χ0) is 26.2. The van der Waals surface area contributed by atoms with Gasteiger partial charge in [0.25, 0.3) is 10.1 Å². The predicted molar refractivity (Wildman–Crippen MR) is 129 cm³/mol. The molecule has 0 aliphatic heterocycles. The van der Waals surface area contributed by atoms with Crippen molar-refractivity contribution >= 4 is 22.3 Å². The quantitative estimate of drug-likeness (QED) is 0.489. The fourth-order valence-corrected chi connectivity index (χ4v) is 4.48. The van der Waals surface area contributed by atoms with Crippen LogP contribution < -0.4 is 10.6 Å². The van der Waals surface area contributed by atoms with E-state index in [-0.39, 0.29) is 12.1 Å². The lowest BCUT2D eigenvalue weighted by Crippen LogP contribution is -2.48. The number of ether oxygens (including phenoxy) is 2. The Balaban J connectivity index is 0.000000350. The first-order valence-corrected chi connectivity index (χ1v) is 13.8. The highest BCUT2D eigenvalue weighted by atomic mass is 32.2. The van der Waals surface area contributed by atoms with Gasteiger partial charge in [-0.15, -0.1) is 0 Å². The summed E-state index contributed by atoms with van der Waals surface area (Å²) in [5.41, 5.74) is -1.06. The number of nitrogens with one attached hydrogen (secondary N) is 2. The molecule has 2 rings (SSSR count). The molecular formula is C23H44N2O8S. The Morgan fingerprint density at radius 3 is 1.62 bits per heavy atom. The van der Waals surface area contributed by atoms with Crippen LogP contribution in [-0.4, -0.2) is 67.5 Å². The first-order valence-electron chi connectivity index (χ1n) is 12.0. The van der Waals surface area contributed by atoms with E-state index in [9.17, 15) is 23.1 Å². The molecule has 0 radical (unpaired) electrons. The molecule has 3 N–H and O–H groups in total. The zero-order valence-electron chi connectivity index (χ0n) is 21.7. The maximum atomic E-state index is 11.7. The van der Waals surface area contributed by atoms with Crippen LogP contribution in [0.15, 0.2) is 0 Å². The molecule has 0 aromatic heterocycles. The molecule has 0 spiro atoms. The third-order valence-electron chi connectivity index (χ3n) is 5.13. The van der Waals surface area contributed by atoms with E-state index in [1.54, 1.807) is 20.8 Å². The minimum Gasteiger partial charge on any atom is -0.444 e. The van der Waals surface area contributed by atoms with Crippen LogP contribution in [0.3, 0.4) is 0 Å². The first-order chi connectivity index (χ1) is 15.5. The van der Waals surface area contributed by atoms with E-state index < -0.39 is 45.7 Å². The molecule has 0 unspecified atom stereocenters. The first kappa shape index (κ1) is 30.4. The van der Waals surface area contributed by atoms with Gasteiger partial charge in [0.05, 0.1) is 30.5 Å². The minimum atomic E-state index is -3.52. The summed E-state index contributed by atoms with van der Waals surface area (Å²) < 4.78 is 37.7. The molecule has 0 bridgehead atoms. The number of aliphatic hydroxyl groups is 1. The Bertz CT molecular complexity index is 758. The van der Waals surface area contributed by atoms with Gasteiger partial charge in [-0.05, 0) is 67.2 Å². The average Bonchev–Trinajstić information content (AvgIpc) is 2.61. The Morgan fingerprint density at radius 2 is 1.18 bits per heavy atom. The molecule has 0 heterocycles. The van der Waals surface area contributed by atoms with E-state index in [0.29, 0.717) is 12.8 Å². The van der Waals surface area contributed by atoms with E-state index in [1.807, 2.05) is 20.8 Å². The van der Waals surface area contributed by atoms with Gasteiger partial charge >= 0.3 is 12.2 Å². The third kappa shape index (κ3) is 14.0. The van der Waals surface area contributed by atoms with Gasteiger partial charge in [0, 0.05) is 0 Å². The summed E-state index contributed by atoms with van der Waals surface area (Å²) in [6.07, 6.45) is 5.94. The van der Waals surface area contributed by atoms with Crippen LogP contribution in [0.25, 0.3) is 0 Å². The fraction of sp³-hybridized carbons (Fsp3) is 0.913. The van der Waals surface area contributed by atoms with Crippen molar-refractivity contribution in [2.45, 2.75) is 128 Å². The Hall–Kier alpha value is -1.59. The van der Waals surface area contributed by atoms with Crippen molar-refractivity contribution in [1.82, 2.24) is 10.6 Å². The van der Waals surface area contributed by atoms with Gasteiger partial charge in [-0.2, -0.15) is 8.42 Å². The van der Waals surface area contributed by atoms with Gasteiger partial charge < -0.3 is 25.2 Å². The topological polar surface area (TPSA) is 140 Å². The van der Waals surface area contributed by atoms with Crippen LogP contribution in [0.2, 0.25) is 0 Å². The van der Waals surface area contributed by atoms with Crippen LogP contribution in [0.1, 0.15) is 92.9 Å². The molecule has 10 nitrogen and oxygen atoms in total. The van der Waals surface area contributed by atoms with Crippen molar-refractivity contribution in [2.24, 2.45) is 0 Å². The largest absolute Gasteiger partial charge is 0.444 e. The summed E-state index contributed by atoms with van der Waals surface area (Å²) in [5, 5.41) is 15.1. The molecule has 4 atom stereocenters. The van der Waals surface area contributed by atoms with Crippen molar-refractivity contribution in [3.63, 3.8) is 0 Å². The molecule has 200 valence electrons. The molecule has 2 amide bonds. The van der Waals surface area contributed by atoms with Gasteiger partial charge in [-0.25, -0.2) is 9.59 Å². The molecule has 2 aliphatic carbocycles. The maximum absolute atomic E-state index is 11.7. The van der Waals surface area contributed by atoms with E-state index in [2.05, 4.69) is 10.6 Å². The summed E-state index contributed by atoms with van der Waals surface area (Å²) in [7, 11) is -3.52. The molecular weight excluding hydrogens is 464 g/mol. The third-order valence-corrected chi connectivity index (χ3v) is 5.73. The highest BCUT2D eigenvalue weighted by molar-refractivity contribution is 7.86. The Labute approximate surface area is 204 Å². The molecule has 2 fully saturated rings. The van der Waals surface area contributed by atoms with Crippen molar-refractivity contribution < 1.29 is 36.8 Å². The van der Waals surface area contributed by atoms with Crippen LogP contribution in [0, 0.1) is 0 Å². The second-order valence-corrected chi connectivity index (χ2v) is 12.6. The van der Waals surface area contributed by atoms with Crippen LogP contribution in [-0.2, 0) is 23.8 Å². The summed E-state index contributed by atoms with van der Waals surface area (Å²) in [6.45, 7) is 10.8. The van der Waals surface area contributed by atoms with Crippen molar-refractivity contribution in [1.29, 1.82) is 0 Å². The van der Waals surface area contributed by atoms with Crippen LogP contribution >= 0.6 is 0 Å². The zero-order valence-corrected chi connectivity index (χ0v) is 22.5. The number of hydrogen-bond acceptors (Lipinski definition) is 8. The van der Waals surface area contributed by atoms with Gasteiger partial charge in [0.15, 0.2) is 0 Å². The lowest BCUT2D eigenvalue weighted by molar-refractivity contribution is 0.0362. The lowest BCUT2D eigenvalue weighted by Gasteiger charge is -2.31. The molecule has 0 aromatic rings. The van der Waals surface area contributed by atoms with Gasteiger partial charge in [0.1, 0.15) is 11.2 Å². The Morgan fingerprint density at radius 1 is 0.765 bits per heavy atom. The number of rotatable bonds is 4. The number of carbonyl (C=O) groups is 2. The van der Waals surface area contributed by atoms with E-state index >= 15 is 0 Å². The average molecular weight is 509 g/mol. The summed E-state index contributed by atoms with van der Waals surface area (Å²) in [4.78, 5) is 23.1. The number of alkyl carbamates (subject to hydrolysis) is 2. The minimum absolute atomic E-state index is 0.145. The molecule has 11 heteroatoms. The molecule has 2 saturated carbocycles. The second-order valence-electron chi connectivity index (χ2n) is 11.0. The van der Waals surface area contributed by atoms with Crippen LogP contribution in [0.5, 0.6) is 0 Å². The maximum Gasteiger partial charge on any atom is 0.407 e. The smallest absolute Gasteiger partial charge is 0.407 e. The van der Waals surface area contributed by atoms with E-state index in [4.69, 9.17) is 13.7 Å². The number of aliphatic hydroxyl groups excluding tert-OH is 1. The SMILES string of the molecule is CC(C)(C)OC(=O)N[C@H]1CCCC[C@@H]1O.CC(C)(C)OC(=O)N[C@H]1CCCC[C@@H]1OS(C)(=O)=O. The number of amides is 2. The summed E-state index contributed by atoms with van der Waals surface area (Å²) >= 11 is 0. The molecule has 0 aromatic carbocycles. The number of carbonyl (C=O) groups excluding carboxylic acids is 2. The van der Waals surface area contributed by atoms with E-state index in [1.165, 1.54) is 0 Å². The lowest BCUT2D eigenvalue weighted by atomic mass is 9.93. The van der Waals surface area contributed by atoms with E-state index in [0.717, 1.165) is 44.8 Å². The monoisotopic (exact) mass is 508 g/mol. The molecule has 34 heavy (non-hydrogen) atoms. The van der Waals surface area contributed by atoms with Crippen molar-refractivity contribution in [3.05, 3.63) is 0 Å². The Kier molecular flexibility index (Phi) is 11.6. The number of hydrogen-bond donors (Lipinski definition) is 3. The molecule has 2 aliphatic rings. The highest BCUT2D eigenvalue weighted by Crippen LogP contribution is 2.23. The van der Waals surface area contributed by atoms with Gasteiger partial charge in [0.2, 0.25) is 0 Å². The van der Waals surface area contributed by atoms with Gasteiger partial charge in [-0.3, -0.25) is 4.18 Å². The van der Waals surface area contributed by atoms with Crippen molar-refractivity contribution in [3.8, 4) is 0 Å². The standard InChI is InChI=1S/C12H23NO5S.C11H21NO3/c1-12(2,3)17-11(14)13-9-7-5-6-8-10(9)18-19(4,15)16;1-11(2,3)15-10(14)12-8-6-4-5-7-9(8)13/h9-10H,5-8H2,1-4H3,(H,13,14);8-9,13H,4-7H2,1-3H3,(H,12,14)/t9-,10-;8-,9-/m00/s1. The fourth-order valence-electron chi connectivity index (χ4n) is 3.80. The predicted octanol–water partition coefficient (Wildman–Crippen LogP) is 3.61. The summed E-state index contributed by atoms with van der Waals surface area (Å²) in [6, 6.07) is -0.466. The summed E-state index contributed by atoms with van der Waals surface area (Å²) in [5.74, 6) is 0.